The third-order valence-corrected chi connectivity index (χ3v) is 3.59. The van der Waals surface area contributed by atoms with E-state index in [4.69, 9.17) is 0 Å². The first-order valence-corrected chi connectivity index (χ1v) is 6.94. The van der Waals surface area contributed by atoms with Crippen molar-refractivity contribution in [1.82, 2.24) is 4.90 Å². The molecule has 0 saturated heterocycles. The van der Waals surface area contributed by atoms with Gasteiger partial charge >= 0.3 is 0 Å². The van der Waals surface area contributed by atoms with Crippen molar-refractivity contribution in [2.75, 3.05) is 13.1 Å². The summed E-state index contributed by atoms with van der Waals surface area (Å²) in [5.74, 6) is 0.0260. The second-order valence-electron chi connectivity index (χ2n) is 4.73. The van der Waals surface area contributed by atoms with Crippen LogP contribution in [0.15, 0.2) is 48.5 Å². The second-order valence-corrected chi connectivity index (χ2v) is 4.73. The van der Waals surface area contributed by atoms with Crippen molar-refractivity contribution >= 4 is 0 Å². The van der Waals surface area contributed by atoms with Crippen molar-refractivity contribution in [3.05, 3.63) is 65.5 Å². The lowest BCUT2D eigenvalue weighted by Crippen LogP contribution is -2.29. The van der Waals surface area contributed by atoms with Crippen LogP contribution in [0.4, 0.5) is 4.39 Å². The van der Waals surface area contributed by atoms with Crippen LogP contribution in [0, 0.1) is 5.82 Å². The number of nitrogens with zero attached hydrogens (tertiary/aromatic N) is 1. The van der Waals surface area contributed by atoms with Gasteiger partial charge in [0.2, 0.25) is 0 Å². The van der Waals surface area contributed by atoms with E-state index >= 15 is 0 Å². The fourth-order valence-electron chi connectivity index (χ4n) is 2.54. The minimum Gasteiger partial charge on any atom is -0.508 e. The normalized spacial score (nSPS) is 12.6. The molecule has 2 rings (SSSR count). The number of phenolic OH excluding ortho intramolecular Hbond substituents is 1. The van der Waals surface area contributed by atoms with E-state index in [9.17, 15) is 9.50 Å². The molecule has 2 nitrogen and oxygen atoms in total. The quantitative estimate of drug-likeness (QED) is 0.891. The molecule has 0 bridgehead atoms. The summed E-state index contributed by atoms with van der Waals surface area (Å²) >= 11 is 0. The summed E-state index contributed by atoms with van der Waals surface area (Å²) in [5.41, 5.74) is 1.83. The molecule has 0 aliphatic carbocycles. The number of rotatable bonds is 5. The van der Waals surface area contributed by atoms with E-state index in [-0.39, 0.29) is 17.6 Å². The van der Waals surface area contributed by atoms with Crippen LogP contribution in [-0.4, -0.2) is 23.1 Å². The molecule has 0 spiro atoms. The van der Waals surface area contributed by atoms with Gasteiger partial charge in [-0.05, 0) is 36.9 Å². The smallest absolute Gasteiger partial charge is 0.123 e. The van der Waals surface area contributed by atoms with E-state index in [1.54, 1.807) is 18.2 Å². The third-order valence-electron chi connectivity index (χ3n) is 3.59. The fraction of sp³-hybridized carbons (Fsp3) is 0.294. The molecule has 0 saturated carbocycles. The summed E-state index contributed by atoms with van der Waals surface area (Å²) < 4.78 is 13.1. The Morgan fingerprint density at radius 3 is 2.15 bits per heavy atom. The monoisotopic (exact) mass is 273 g/mol. The average Bonchev–Trinajstić information content (AvgIpc) is 2.47. The molecular weight excluding hydrogens is 253 g/mol. The SMILES string of the molecule is CCN(CC)C(c1ccc(F)cc1)c1ccccc1O. The van der Waals surface area contributed by atoms with E-state index in [0.717, 1.165) is 24.2 Å². The Bertz CT molecular complexity index is 549. The molecule has 20 heavy (non-hydrogen) atoms. The number of para-hydroxylation sites is 1. The van der Waals surface area contributed by atoms with E-state index in [1.165, 1.54) is 12.1 Å². The lowest BCUT2D eigenvalue weighted by atomic mass is 9.96. The van der Waals surface area contributed by atoms with Crippen molar-refractivity contribution in [3.8, 4) is 5.75 Å². The van der Waals surface area contributed by atoms with Gasteiger partial charge in [-0.1, -0.05) is 44.2 Å². The van der Waals surface area contributed by atoms with Gasteiger partial charge in [0.25, 0.3) is 0 Å². The van der Waals surface area contributed by atoms with Gasteiger partial charge in [0, 0.05) is 5.56 Å². The number of phenols is 1. The molecule has 1 unspecified atom stereocenters. The van der Waals surface area contributed by atoms with Crippen molar-refractivity contribution in [2.45, 2.75) is 19.9 Å². The Morgan fingerprint density at radius 2 is 1.60 bits per heavy atom. The highest BCUT2D eigenvalue weighted by Crippen LogP contribution is 2.33. The minimum absolute atomic E-state index is 0.0631. The molecule has 3 heteroatoms. The molecular formula is C17H20FNO. The van der Waals surface area contributed by atoms with Gasteiger partial charge in [0.15, 0.2) is 0 Å². The largest absolute Gasteiger partial charge is 0.508 e. The Hall–Kier alpha value is -1.87. The number of hydrogen-bond donors (Lipinski definition) is 1. The van der Waals surface area contributed by atoms with Gasteiger partial charge < -0.3 is 5.11 Å². The maximum atomic E-state index is 13.1. The summed E-state index contributed by atoms with van der Waals surface area (Å²) in [7, 11) is 0. The summed E-state index contributed by atoms with van der Waals surface area (Å²) in [6.07, 6.45) is 0. The lowest BCUT2D eigenvalue weighted by Gasteiger charge is -2.31. The van der Waals surface area contributed by atoms with Crippen LogP contribution in [0.1, 0.15) is 31.0 Å². The van der Waals surface area contributed by atoms with Gasteiger partial charge in [-0.15, -0.1) is 0 Å². The highest BCUT2D eigenvalue weighted by Gasteiger charge is 2.22. The standard InChI is InChI=1S/C17H20FNO/c1-3-19(4-2)17(13-9-11-14(18)12-10-13)15-7-5-6-8-16(15)20/h5-12,17,20H,3-4H2,1-2H3. The Balaban J connectivity index is 2.50. The van der Waals surface area contributed by atoms with Gasteiger partial charge in [0.05, 0.1) is 6.04 Å². The molecule has 106 valence electrons. The topological polar surface area (TPSA) is 23.5 Å². The van der Waals surface area contributed by atoms with Crippen LogP contribution in [0.3, 0.4) is 0 Å². The minimum atomic E-state index is -0.246. The molecule has 0 aliphatic rings. The number of halogens is 1. The zero-order valence-corrected chi connectivity index (χ0v) is 11.9. The molecule has 0 amide bonds. The Kier molecular flexibility index (Phi) is 4.74. The molecule has 2 aromatic carbocycles. The van der Waals surface area contributed by atoms with Crippen LogP contribution in [0.5, 0.6) is 5.75 Å². The summed E-state index contributed by atoms with van der Waals surface area (Å²) in [5, 5.41) is 10.1. The molecule has 1 N–H and O–H groups in total. The molecule has 1 atom stereocenters. The van der Waals surface area contributed by atoms with Crippen molar-refractivity contribution < 1.29 is 9.50 Å². The van der Waals surface area contributed by atoms with Crippen molar-refractivity contribution in [2.24, 2.45) is 0 Å². The third kappa shape index (κ3) is 2.99. The lowest BCUT2D eigenvalue weighted by molar-refractivity contribution is 0.246. The van der Waals surface area contributed by atoms with E-state index in [2.05, 4.69) is 18.7 Å². The van der Waals surface area contributed by atoms with Gasteiger partial charge in [0.1, 0.15) is 11.6 Å². The van der Waals surface area contributed by atoms with Crippen LogP contribution in [0.25, 0.3) is 0 Å². The van der Waals surface area contributed by atoms with Crippen LogP contribution in [0.2, 0.25) is 0 Å². The predicted molar refractivity (Wildman–Crippen MR) is 79.3 cm³/mol. The number of hydrogen-bond acceptors (Lipinski definition) is 2. The maximum Gasteiger partial charge on any atom is 0.123 e. The number of benzene rings is 2. The summed E-state index contributed by atoms with van der Waals surface area (Å²) in [6.45, 7) is 5.87. The van der Waals surface area contributed by atoms with Gasteiger partial charge in [-0.25, -0.2) is 4.39 Å². The highest BCUT2D eigenvalue weighted by atomic mass is 19.1. The molecule has 0 aromatic heterocycles. The van der Waals surface area contributed by atoms with Crippen LogP contribution in [-0.2, 0) is 0 Å². The molecule has 2 aromatic rings. The zero-order chi connectivity index (χ0) is 14.5. The van der Waals surface area contributed by atoms with Gasteiger partial charge in [-0.2, -0.15) is 0 Å². The van der Waals surface area contributed by atoms with Crippen LogP contribution < -0.4 is 0 Å². The number of aromatic hydroxyl groups is 1. The Labute approximate surface area is 119 Å². The maximum absolute atomic E-state index is 13.1. The Morgan fingerprint density at radius 1 is 1.00 bits per heavy atom. The van der Waals surface area contributed by atoms with E-state index in [0.29, 0.717) is 0 Å². The molecule has 0 fully saturated rings. The van der Waals surface area contributed by atoms with Crippen LogP contribution >= 0.6 is 0 Å². The van der Waals surface area contributed by atoms with E-state index < -0.39 is 0 Å². The molecule has 0 heterocycles. The van der Waals surface area contributed by atoms with Gasteiger partial charge in [-0.3, -0.25) is 4.90 Å². The molecule has 0 aliphatic heterocycles. The van der Waals surface area contributed by atoms with E-state index in [1.807, 2.05) is 18.2 Å². The summed E-state index contributed by atoms with van der Waals surface area (Å²) in [6, 6.07) is 13.8. The first kappa shape index (κ1) is 14.5. The first-order chi connectivity index (χ1) is 9.67. The average molecular weight is 273 g/mol. The fourth-order valence-corrected chi connectivity index (χ4v) is 2.54. The predicted octanol–water partition coefficient (Wildman–Crippen LogP) is 3.96. The summed E-state index contributed by atoms with van der Waals surface area (Å²) in [4.78, 5) is 2.24. The van der Waals surface area contributed by atoms with Crippen molar-refractivity contribution in [3.63, 3.8) is 0 Å². The highest BCUT2D eigenvalue weighted by molar-refractivity contribution is 5.40. The van der Waals surface area contributed by atoms with Crippen molar-refractivity contribution in [1.29, 1.82) is 0 Å². The second kappa shape index (κ2) is 6.53. The molecule has 0 radical (unpaired) electrons. The first-order valence-electron chi connectivity index (χ1n) is 6.94. The zero-order valence-electron chi connectivity index (χ0n) is 11.9.